The summed E-state index contributed by atoms with van der Waals surface area (Å²) in [6.07, 6.45) is 4.33. The van der Waals surface area contributed by atoms with Crippen LogP contribution in [0.5, 0.6) is 0 Å². The monoisotopic (exact) mass is 600 g/mol. The van der Waals surface area contributed by atoms with Crippen molar-refractivity contribution in [3.05, 3.63) is 46.3 Å². The number of rotatable bonds is 6. The van der Waals surface area contributed by atoms with Crippen LogP contribution in [0.1, 0.15) is 43.2 Å². The van der Waals surface area contributed by atoms with Crippen LogP contribution in [0.25, 0.3) is 0 Å². The van der Waals surface area contributed by atoms with Gasteiger partial charge in [-0.2, -0.15) is 8.42 Å². The molecule has 10 nitrogen and oxygen atoms in total. The number of fused-ring (bicyclic) bond motifs is 2. The van der Waals surface area contributed by atoms with Crippen LogP contribution < -0.4 is 10.0 Å². The summed E-state index contributed by atoms with van der Waals surface area (Å²) < 4.78 is 83.6. The lowest BCUT2D eigenvalue weighted by Crippen LogP contribution is -2.59. The van der Waals surface area contributed by atoms with Crippen molar-refractivity contribution in [2.24, 2.45) is 16.2 Å². The van der Waals surface area contributed by atoms with E-state index >= 15 is 0 Å². The van der Waals surface area contributed by atoms with Gasteiger partial charge in [0.15, 0.2) is 11.7 Å². The number of carbonyl (C=O) groups excluding carboxylic acids is 2. The van der Waals surface area contributed by atoms with E-state index in [1.807, 2.05) is 0 Å². The third-order valence-corrected chi connectivity index (χ3v) is 10.4. The molecule has 3 aliphatic rings. The van der Waals surface area contributed by atoms with Crippen LogP contribution in [-0.2, 0) is 42.7 Å². The lowest BCUT2D eigenvalue weighted by molar-refractivity contribution is -0.151. The van der Waals surface area contributed by atoms with Gasteiger partial charge in [0.25, 0.3) is 10.0 Å². The summed E-state index contributed by atoms with van der Waals surface area (Å²) in [5.74, 6) is -5.20. The first kappa shape index (κ1) is 27.8. The molecule has 0 radical (unpaired) electrons. The molecule has 1 aromatic carbocycles. The molecule has 2 aromatic rings. The number of ketones is 1. The second-order valence-corrected chi connectivity index (χ2v) is 14.2. The molecule has 0 spiro atoms. The Kier molecular flexibility index (Phi) is 7.37. The van der Waals surface area contributed by atoms with Gasteiger partial charge in [-0.15, -0.1) is 15.7 Å². The number of carbonyl (C=O) groups is 2. The number of sulfonamides is 2. The fourth-order valence-electron chi connectivity index (χ4n) is 5.46. The predicted octanol–water partition coefficient (Wildman–Crippen LogP) is 2.76. The van der Waals surface area contributed by atoms with Crippen LogP contribution in [-0.4, -0.2) is 51.6 Å². The topological polar surface area (TPSA) is 142 Å². The highest BCUT2D eigenvalue weighted by Crippen LogP contribution is 2.41. The zero-order chi connectivity index (χ0) is 28.1. The molecule has 2 N–H and O–H groups in total. The molecule has 39 heavy (non-hydrogen) atoms. The Bertz CT molecular complexity index is 1590. The van der Waals surface area contributed by atoms with Crippen LogP contribution in [0.2, 0.25) is 0 Å². The third kappa shape index (κ3) is 5.49. The summed E-state index contributed by atoms with van der Waals surface area (Å²) in [5.41, 5.74) is 0.254. The molecule has 2 aliphatic heterocycles. The van der Waals surface area contributed by atoms with Gasteiger partial charge in [0, 0.05) is 42.2 Å². The number of hydrogen-bond donors (Lipinski definition) is 2. The molecular weight excluding hydrogens is 574 g/mol. The quantitative estimate of drug-likeness (QED) is 0.486. The minimum absolute atomic E-state index is 0.0792. The van der Waals surface area contributed by atoms with Crippen LogP contribution in [0.4, 0.5) is 13.8 Å². The van der Waals surface area contributed by atoms with Crippen molar-refractivity contribution in [2.45, 2.75) is 56.1 Å². The standard InChI is InChI=1S/C24H26F2N4O6S3/c1-38(33,34)27-10-14-12-37-23-21(14)39(35,36)29-22(28-23)19-20(31)16-5-3-2-4-6-18(16)30(24(19)32)11-13-7-8-15(25)9-17(13)26/h7-9,12,16,18-19,27H,2-6,10-11H2,1H3,(H,28,29)/t16-,18+,19?/m1/s1. The number of Topliss-reactive ketones (excluding diaryl/α,β-unsaturated/α-hetero) is 1. The molecule has 1 saturated heterocycles. The summed E-state index contributed by atoms with van der Waals surface area (Å²) >= 11 is 0.981. The molecular formula is C24H26F2N4O6S3. The van der Waals surface area contributed by atoms with Crippen molar-refractivity contribution in [3.63, 3.8) is 0 Å². The van der Waals surface area contributed by atoms with Crippen LogP contribution >= 0.6 is 11.3 Å². The lowest BCUT2D eigenvalue weighted by atomic mass is 9.77. The molecule has 3 heterocycles. The van der Waals surface area contributed by atoms with E-state index in [0.29, 0.717) is 12.8 Å². The number of amides is 1. The Balaban J connectivity index is 1.51. The molecule has 210 valence electrons. The Labute approximate surface area is 228 Å². The molecule has 1 unspecified atom stereocenters. The highest BCUT2D eigenvalue weighted by molar-refractivity contribution is 7.91. The largest absolute Gasteiger partial charge is 0.334 e. The van der Waals surface area contributed by atoms with Gasteiger partial charge in [0.05, 0.1) is 6.26 Å². The van der Waals surface area contributed by atoms with Gasteiger partial charge >= 0.3 is 0 Å². The minimum atomic E-state index is -4.39. The summed E-state index contributed by atoms with van der Waals surface area (Å²) in [6.45, 7) is -0.486. The number of thiophene rings is 1. The van der Waals surface area contributed by atoms with Crippen LogP contribution in [0.15, 0.2) is 32.9 Å². The van der Waals surface area contributed by atoms with Crippen molar-refractivity contribution in [2.75, 3.05) is 11.6 Å². The first-order valence-corrected chi connectivity index (χ1v) is 16.5. The lowest BCUT2D eigenvalue weighted by Gasteiger charge is -2.43. The van der Waals surface area contributed by atoms with Gasteiger partial charge < -0.3 is 10.2 Å². The summed E-state index contributed by atoms with van der Waals surface area (Å²) in [7, 11) is -7.99. The zero-order valence-corrected chi connectivity index (χ0v) is 23.3. The van der Waals surface area contributed by atoms with Gasteiger partial charge in [-0.05, 0) is 24.3 Å². The van der Waals surface area contributed by atoms with E-state index in [1.165, 1.54) is 16.3 Å². The molecule has 15 heteroatoms. The number of nitrogens with zero attached hydrogens (tertiary/aromatic N) is 2. The summed E-state index contributed by atoms with van der Waals surface area (Å²) in [4.78, 5) is 28.7. The van der Waals surface area contributed by atoms with Crippen LogP contribution in [0.3, 0.4) is 0 Å². The maximum Gasteiger partial charge on any atom is 0.287 e. The Morgan fingerprint density at radius 2 is 1.90 bits per heavy atom. The Morgan fingerprint density at radius 3 is 2.62 bits per heavy atom. The molecule has 1 amide bonds. The zero-order valence-electron chi connectivity index (χ0n) is 20.8. The fraction of sp³-hybridized carbons (Fsp3) is 0.458. The first-order chi connectivity index (χ1) is 18.4. The van der Waals surface area contributed by atoms with Crippen molar-refractivity contribution in [1.29, 1.82) is 0 Å². The Hall–Kier alpha value is -2.75. The maximum atomic E-state index is 14.6. The molecule has 0 bridgehead atoms. The number of benzene rings is 1. The maximum absolute atomic E-state index is 14.6. The molecule has 5 rings (SSSR count). The van der Waals surface area contributed by atoms with Gasteiger partial charge in [0.1, 0.15) is 27.4 Å². The molecule has 1 aromatic heterocycles. The summed E-state index contributed by atoms with van der Waals surface area (Å²) in [6, 6.07) is 2.57. The number of halogens is 2. The van der Waals surface area contributed by atoms with Crippen molar-refractivity contribution in [1.82, 2.24) is 9.62 Å². The van der Waals surface area contributed by atoms with E-state index in [2.05, 4.69) is 14.4 Å². The SMILES string of the molecule is CS(=O)(=O)NCc1csc2c1S(=O)(=O)N=C(C1C(=O)[C@@H]3CCCCC[C@@H]3N(Cc3ccc(F)cc3F)C1=O)N2. The van der Waals surface area contributed by atoms with Gasteiger partial charge in [-0.3, -0.25) is 9.59 Å². The molecule has 3 atom stereocenters. The van der Waals surface area contributed by atoms with Crippen molar-refractivity contribution in [3.8, 4) is 0 Å². The third-order valence-electron chi connectivity index (χ3n) is 7.25. The number of likely N-dealkylation sites (tertiary alicyclic amines) is 1. The van der Waals surface area contributed by atoms with Gasteiger partial charge in [0.2, 0.25) is 15.9 Å². The first-order valence-electron chi connectivity index (χ1n) is 12.3. The average Bonchev–Trinajstić information content (AvgIpc) is 3.10. The van der Waals surface area contributed by atoms with E-state index in [0.717, 1.165) is 49.0 Å². The van der Waals surface area contributed by atoms with E-state index in [-0.39, 0.29) is 39.9 Å². The molecule has 1 aliphatic carbocycles. The smallest absolute Gasteiger partial charge is 0.287 e. The van der Waals surface area contributed by atoms with Crippen molar-refractivity contribution < 1.29 is 35.2 Å². The second kappa shape index (κ2) is 10.3. The number of nitrogens with one attached hydrogen (secondary N) is 2. The minimum Gasteiger partial charge on any atom is -0.334 e. The Morgan fingerprint density at radius 1 is 1.15 bits per heavy atom. The highest BCUT2D eigenvalue weighted by Gasteiger charge is 2.51. The normalized spacial score (nSPS) is 24.8. The number of anilines is 1. The van der Waals surface area contributed by atoms with E-state index in [1.54, 1.807) is 0 Å². The predicted molar refractivity (Wildman–Crippen MR) is 140 cm³/mol. The second-order valence-electron chi connectivity index (χ2n) is 9.94. The van der Waals surface area contributed by atoms with E-state index in [9.17, 15) is 35.2 Å². The molecule has 2 fully saturated rings. The van der Waals surface area contributed by atoms with E-state index in [4.69, 9.17) is 0 Å². The summed E-state index contributed by atoms with van der Waals surface area (Å²) in [5, 5.41) is 4.41. The number of amidine groups is 1. The highest BCUT2D eigenvalue weighted by atomic mass is 32.2. The van der Waals surface area contributed by atoms with Gasteiger partial charge in [-0.25, -0.2) is 21.9 Å². The number of piperidine rings is 1. The molecule has 1 saturated carbocycles. The average molecular weight is 601 g/mol. The van der Waals surface area contributed by atoms with E-state index < -0.39 is 61.2 Å². The van der Waals surface area contributed by atoms with Crippen molar-refractivity contribution >= 4 is 53.9 Å². The number of hydrogen-bond acceptors (Lipinski definition) is 8. The van der Waals surface area contributed by atoms with Crippen LogP contribution in [0, 0.1) is 23.5 Å². The van der Waals surface area contributed by atoms with Gasteiger partial charge in [-0.1, -0.05) is 25.3 Å². The fourth-order valence-corrected chi connectivity index (χ4v) is 8.52.